The summed E-state index contributed by atoms with van der Waals surface area (Å²) < 4.78 is 11.8. The molecule has 2 heterocycles. The first-order chi connectivity index (χ1) is 16.1. The van der Waals surface area contributed by atoms with E-state index in [2.05, 4.69) is 22.8 Å². The molecular formula is C27H33N3O3. The van der Waals surface area contributed by atoms with Crippen LogP contribution < -0.4 is 9.47 Å². The molecule has 1 saturated heterocycles. The highest BCUT2D eigenvalue weighted by Crippen LogP contribution is 2.40. The van der Waals surface area contributed by atoms with Crippen molar-refractivity contribution in [2.24, 2.45) is 10.9 Å². The first kappa shape index (κ1) is 21.8. The van der Waals surface area contributed by atoms with Crippen molar-refractivity contribution in [3.05, 3.63) is 47.5 Å². The van der Waals surface area contributed by atoms with Gasteiger partial charge in [0.15, 0.2) is 5.75 Å². The Morgan fingerprint density at radius 1 is 1.03 bits per heavy atom. The fraction of sp³-hybridized carbons (Fsp3) is 0.481. The van der Waals surface area contributed by atoms with Gasteiger partial charge in [-0.25, -0.2) is 4.99 Å². The summed E-state index contributed by atoms with van der Waals surface area (Å²) in [6.45, 7) is 5.20. The van der Waals surface area contributed by atoms with Crippen molar-refractivity contribution in [1.82, 2.24) is 9.80 Å². The van der Waals surface area contributed by atoms with E-state index in [-0.39, 0.29) is 0 Å². The molecule has 2 aromatic rings. The number of methoxy groups -OCH3 is 1. The number of amides is 1. The van der Waals surface area contributed by atoms with Crippen LogP contribution in [-0.2, 0) is 4.79 Å². The molecule has 6 heteroatoms. The minimum Gasteiger partial charge on any atom is -0.497 e. The van der Waals surface area contributed by atoms with Crippen LogP contribution in [0.2, 0.25) is 0 Å². The standard InChI is InChI=1S/C27H33N3O3/c1-19-8-10-23-25(16-19)33-24-11-9-21(32-2)18-22(24)27(28-23)30-13-5-12-29(14-15-30)26(31)17-20-6-3-4-7-20/h8-11,16,18,20H,3-7,12-15,17H2,1-2H3. The van der Waals surface area contributed by atoms with Crippen molar-refractivity contribution < 1.29 is 14.3 Å². The molecule has 1 aliphatic carbocycles. The summed E-state index contributed by atoms with van der Waals surface area (Å²) >= 11 is 0. The molecule has 1 saturated carbocycles. The summed E-state index contributed by atoms with van der Waals surface area (Å²) in [5.74, 6) is 4.10. The van der Waals surface area contributed by atoms with Crippen LogP contribution in [0.15, 0.2) is 41.4 Å². The molecule has 0 radical (unpaired) electrons. The van der Waals surface area contributed by atoms with Crippen molar-refractivity contribution in [2.75, 3.05) is 33.3 Å². The smallest absolute Gasteiger partial charge is 0.222 e. The number of aliphatic imine (C=N–C) groups is 1. The summed E-state index contributed by atoms with van der Waals surface area (Å²) in [7, 11) is 1.67. The van der Waals surface area contributed by atoms with E-state index in [0.29, 0.717) is 18.2 Å². The van der Waals surface area contributed by atoms with E-state index >= 15 is 0 Å². The van der Waals surface area contributed by atoms with Crippen molar-refractivity contribution in [1.29, 1.82) is 0 Å². The highest BCUT2D eigenvalue weighted by Gasteiger charge is 2.28. The molecule has 2 aliphatic heterocycles. The zero-order chi connectivity index (χ0) is 22.8. The zero-order valence-corrected chi connectivity index (χ0v) is 19.7. The average Bonchev–Trinajstić information content (AvgIpc) is 3.12. The van der Waals surface area contributed by atoms with Crippen LogP contribution in [0.5, 0.6) is 17.2 Å². The molecule has 6 nitrogen and oxygen atoms in total. The van der Waals surface area contributed by atoms with E-state index in [4.69, 9.17) is 14.5 Å². The Morgan fingerprint density at radius 3 is 2.70 bits per heavy atom. The van der Waals surface area contributed by atoms with Gasteiger partial charge in [-0.05, 0) is 68.0 Å². The Kier molecular flexibility index (Phi) is 6.25. The first-order valence-corrected chi connectivity index (χ1v) is 12.2. The number of hydrogen-bond acceptors (Lipinski definition) is 5. The van der Waals surface area contributed by atoms with Crippen LogP contribution in [0.1, 0.15) is 49.7 Å². The van der Waals surface area contributed by atoms with Gasteiger partial charge in [-0.15, -0.1) is 0 Å². The van der Waals surface area contributed by atoms with Gasteiger partial charge >= 0.3 is 0 Å². The van der Waals surface area contributed by atoms with E-state index in [0.717, 1.165) is 72.5 Å². The molecule has 3 aliphatic rings. The zero-order valence-electron chi connectivity index (χ0n) is 19.7. The summed E-state index contributed by atoms with van der Waals surface area (Å²) in [5, 5.41) is 0. The van der Waals surface area contributed by atoms with E-state index in [9.17, 15) is 4.79 Å². The maximum absolute atomic E-state index is 13.0. The lowest BCUT2D eigenvalue weighted by atomic mass is 10.0. The lowest BCUT2D eigenvalue weighted by Crippen LogP contribution is -2.38. The lowest BCUT2D eigenvalue weighted by Gasteiger charge is -2.26. The van der Waals surface area contributed by atoms with Gasteiger partial charge in [0, 0.05) is 32.6 Å². The molecule has 174 valence electrons. The molecule has 2 aromatic carbocycles. The van der Waals surface area contributed by atoms with E-state index in [1.54, 1.807) is 7.11 Å². The SMILES string of the molecule is COc1ccc2c(c1)C(N1CCCN(C(=O)CC3CCCC3)CC1)=Nc1ccc(C)cc1O2. The minimum absolute atomic E-state index is 0.317. The van der Waals surface area contributed by atoms with Gasteiger partial charge in [0.25, 0.3) is 0 Å². The second-order valence-corrected chi connectivity index (χ2v) is 9.45. The summed E-state index contributed by atoms with van der Waals surface area (Å²) in [4.78, 5) is 22.4. The first-order valence-electron chi connectivity index (χ1n) is 12.2. The summed E-state index contributed by atoms with van der Waals surface area (Å²) in [5.41, 5.74) is 2.88. The average molecular weight is 448 g/mol. The third-order valence-electron chi connectivity index (χ3n) is 7.08. The predicted octanol–water partition coefficient (Wildman–Crippen LogP) is 5.30. The highest BCUT2D eigenvalue weighted by molar-refractivity contribution is 6.04. The molecule has 2 fully saturated rings. The van der Waals surface area contributed by atoms with Crippen LogP contribution >= 0.6 is 0 Å². The van der Waals surface area contributed by atoms with E-state index < -0.39 is 0 Å². The number of benzene rings is 2. The Labute approximate surface area is 196 Å². The number of rotatable bonds is 3. The number of nitrogens with zero attached hydrogens (tertiary/aromatic N) is 3. The van der Waals surface area contributed by atoms with Crippen molar-refractivity contribution in [3.63, 3.8) is 0 Å². The number of hydrogen-bond donors (Lipinski definition) is 0. The van der Waals surface area contributed by atoms with Crippen LogP contribution in [0.25, 0.3) is 0 Å². The molecule has 1 amide bonds. The predicted molar refractivity (Wildman–Crippen MR) is 130 cm³/mol. The Hall–Kier alpha value is -3.02. The van der Waals surface area contributed by atoms with Crippen molar-refractivity contribution in [3.8, 4) is 17.2 Å². The third-order valence-corrected chi connectivity index (χ3v) is 7.08. The normalized spacial score (nSPS) is 18.5. The summed E-state index contributed by atoms with van der Waals surface area (Å²) in [6, 6.07) is 12.0. The van der Waals surface area contributed by atoms with Gasteiger partial charge in [-0.3, -0.25) is 4.79 Å². The lowest BCUT2D eigenvalue weighted by molar-refractivity contribution is -0.132. The van der Waals surface area contributed by atoms with Crippen molar-refractivity contribution in [2.45, 2.75) is 45.4 Å². The van der Waals surface area contributed by atoms with Gasteiger partial charge in [0.05, 0.1) is 12.7 Å². The van der Waals surface area contributed by atoms with E-state index in [1.165, 1.54) is 25.7 Å². The van der Waals surface area contributed by atoms with Crippen LogP contribution in [0.3, 0.4) is 0 Å². The topological polar surface area (TPSA) is 54.4 Å². The largest absolute Gasteiger partial charge is 0.497 e. The highest BCUT2D eigenvalue weighted by atomic mass is 16.5. The molecule has 0 spiro atoms. The van der Waals surface area contributed by atoms with E-state index in [1.807, 2.05) is 30.3 Å². The number of carbonyl (C=O) groups is 1. The number of fused-ring (bicyclic) bond motifs is 2. The summed E-state index contributed by atoms with van der Waals surface area (Å²) in [6.07, 6.45) is 6.60. The second-order valence-electron chi connectivity index (χ2n) is 9.45. The fourth-order valence-corrected chi connectivity index (χ4v) is 5.20. The molecule has 0 bridgehead atoms. The Bertz CT molecular complexity index is 1060. The Balaban J connectivity index is 1.42. The number of amidine groups is 1. The Morgan fingerprint density at radius 2 is 1.88 bits per heavy atom. The van der Waals surface area contributed by atoms with Gasteiger partial charge in [-0.2, -0.15) is 0 Å². The molecule has 33 heavy (non-hydrogen) atoms. The quantitative estimate of drug-likeness (QED) is 0.641. The van der Waals surface area contributed by atoms with Gasteiger partial charge in [0.2, 0.25) is 5.91 Å². The van der Waals surface area contributed by atoms with Crippen LogP contribution in [-0.4, -0.2) is 54.8 Å². The maximum atomic E-state index is 13.0. The van der Waals surface area contributed by atoms with Crippen LogP contribution in [0.4, 0.5) is 5.69 Å². The number of ether oxygens (including phenoxy) is 2. The third kappa shape index (κ3) is 4.70. The monoisotopic (exact) mass is 447 g/mol. The molecule has 0 N–H and O–H groups in total. The molecule has 0 aromatic heterocycles. The van der Waals surface area contributed by atoms with Gasteiger partial charge in [0.1, 0.15) is 23.0 Å². The maximum Gasteiger partial charge on any atom is 0.222 e. The molecule has 0 unspecified atom stereocenters. The molecular weight excluding hydrogens is 414 g/mol. The molecule has 5 rings (SSSR count). The number of aryl methyl sites for hydroxylation is 1. The molecule has 0 atom stereocenters. The second kappa shape index (κ2) is 9.46. The van der Waals surface area contributed by atoms with Crippen molar-refractivity contribution >= 4 is 17.4 Å². The fourth-order valence-electron chi connectivity index (χ4n) is 5.20. The van der Waals surface area contributed by atoms with Crippen LogP contribution in [0, 0.1) is 12.8 Å². The van der Waals surface area contributed by atoms with Gasteiger partial charge < -0.3 is 19.3 Å². The van der Waals surface area contributed by atoms with Gasteiger partial charge in [-0.1, -0.05) is 18.9 Å². The minimum atomic E-state index is 0.317. The number of carbonyl (C=O) groups excluding carboxylic acids is 1.